The summed E-state index contributed by atoms with van der Waals surface area (Å²) in [5.74, 6) is 1.60. The number of nitrogens with one attached hydrogen (secondary N) is 2. The molecule has 0 aromatic rings. The molecule has 2 heterocycles. The number of ether oxygens (including phenoxy) is 1. The van der Waals surface area contributed by atoms with Gasteiger partial charge in [0, 0.05) is 71.5 Å². The second-order valence-corrected chi connectivity index (χ2v) is 8.45. The van der Waals surface area contributed by atoms with Crippen LogP contribution in [-0.4, -0.2) is 112 Å². The van der Waals surface area contributed by atoms with E-state index in [1.54, 1.807) is 0 Å². The van der Waals surface area contributed by atoms with Gasteiger partial charge in [-0.2, -0.15) is 0 Å². The lowest BCUT2D eigenvalue weighted by atomic mass is 10.0. The molecule has 0 aliphatic carbocycles. The van der Waals surface area contributed by atoms with Crippen molar-refractivity contribution < 1.29 is 4.74 Å². The first-order valence-corrected chi connectivity index (χ1v) is 10.7. The summed E-state index contributed by atoms with van der Waals surface area (Å²) in [6.07, 6.45) is 1.20. The van der Waals surface area contributed by atoms with Gasteiger partial charge in [0.25, 0.3) is 0 Å². The Labute approximate surface area is 189 Å². The Balaban J connectivity index is 0.00000392. The third kappa shape index (κ3) is 9.11. The first kappa shape index (κ1) is 25.9. The molecule has 2 rings (SSSR count). The molecule has 0 spiro atoms. The number of aliphatic imine (C=N–C) groups is 1. The minimum atomic E-state index is 0. The Kier molecular flexibility index (Phi) is 12.9. The van der Waals surface area contributed by atoms with Crippen LogP contribution < -0.4 is 10.6 Å². The minimum Gasteiger partial charge on any atom is -0.379 e. The van der Waals surface area contributed by atoms with Gasteiger partial charge in [-0.3, -0.25) is 14.8 Å². The van der Waals surface area contributed by atoms with E-state index in [1.807, 2.05) is 7.05 Å². The molecule has 0 radical (unpaired) electrons. The maximum Gasteiger partial charge on any atom is 0.191 e. The van der Waals surface area contributed by atoms with E-state index in [1.165, 1.54) is 6.42 Å². The first-order chi connectivity index (χ1) is 13.0. The zero-order valence-corrected chi connectivity index (χ0v) is 20.9. The van der Waals surface area contributed by atoms with Crippen LogP contribution in [0.3, 0.4) is 0 Å². The molecule has 0 bridgehead atoms. The van der Waals surface area contributed by atoms with Crippen LogP contribution in [0.25, 0.3) is 0 Å². The molecule has 166 valence electrons. The average molecular weight is 511 g/mol. The quantitative estimate of drug-likeness (QED) is 0.291. The highest BCUT2D eigenvalue weighted by Gasteiger charge is 2.23. The van der Waals surface area contributed by atoms with Crippen molar-refractivity contribution in [2.24, 2.45) is 10.9 Å². The molecule has 7 nitrogen and oxygen atoms in total. The Morgan fingerprint density at radius 1 is 0.929 bits per heavy atom. The summed E-state index contributed by atoms with van der Waals surface area (Å²) >= 11 is 0. The summed E-state index contributed by atoms with van der Waals surface area (Å²) in [6.45, 7) is 17.2. The largest absolute Gasteiger partial charge is 0.379 e. The molecule has 2 aliphatic heterocycles. The maximum absolute atomic E-state index is 5.52. The highest BCUT2D eigenvalue weighted by Crippen LogP contribution is 2.13. The van der Waals surface area contributed by atoms with E-state index in [-0.39, 0.29) is 24.0 Å². The van der Waals surface area contributed by atoms with E-state index >= 15 is 0 Å². The fourth-order valence-electron chi connectivity index (χ4n) is 3.92. The Morgan fingerprint density at radius 2 is 1.54 bits per heavy atom. The van der Waals surface area contributed by atoms with E-state index in [4.69, 9.17) is 4.74 Å². The predicted octanol–water partition coefficient (Wildman–Crippen LogP) is 1.15. The predicted molar refractivity (Wildman–Crippen MR) is 129 cm³/mol. The van der Waals surface area contributed by atoms with Crippen LogP contribution in [0.15, 0.2) is 4.99 Å². The van der Waals surface area contributed by atoms with Crippen molar-refractivity contribution in [3.05, 3.63) is 0 Å². The lowest BCUT2D eigenvalue weighted by Crippen LogP contribution is -2.54. The Morgan fingerprint density at radius 3 is 2.11 bits per heavy atom. The Hall–Kier alpha value is -0.160. The summed E-state index contributed by atoms with van der Waals surface area (Å²) in [6, 6.07) is 1.05. The van der Waals surface area contributed by atoms with Crippen molar-refractivity contribution in [3.63, 3.8) is 0 Å². The zero-order chi connectivity index (χ0) is 19.6. The lowest BCUT2D eigenvalue weighted by molar-refractivity contribution is 0.0132. The van der Waals surface area contributed by atoms with Gasteiger partial charge < -0.3 is 20.3 Å². The third-order valence-electron chi connectivity index (χ3n) is 5.76. The van der Waals surface area contributed by atoms with E-state index in [0.717, 1.165) is 71.5 Å². The van der Waals surface area contributed by atoms with E-state index < -0.39 is 0 Å². The van der Waals surface area contributed by atoms with Crippen molar-refractivity contribution >= 4 is 29.9 Å². The van der Waals surface area contributed by atoms with Crippen molar-refractivity contribution in [2.45, 2.75) is 39.3 Å². The molecule has 2 saturated heterocycles. The monoisotopic (exact) mass is 510 g/mol. The maximum atomic E-state index is 5.52. The van der Waals surface area contributed by atoms with Gasteiger partial charge in [0.15, 0.2) is 5.96 Å². The van der Waals surface area contributed by atoms with Crippen LogP contribution in [0.5, 0.6) is 0 Å². The van der Waals surface area contributed by atoms with Gasteiger partial charge in [0.1, 0.15) is 0 Å². The van der Waals surface area contributed by atoms with Gasteiger partial charge in [-0.25, -0.2) is 0 Å². The SMILES string of the molecule is CN=C(NCC(C)N1CCN(C)CC1)NCC(CC(C)C)N1CCOCC1.I. The van der Waals surface area contributed by atoms with Crippen LogP contribution in [0.1, 0.15) is 27.2 Å². The topological polar surface area (TPSA) is 55.4 Å². The van der Waals surface area contributed by atoms with Crippen LogP contribution in [-0.2, 0) is 4.74 Å². The molecule has 0 amide bonds. The van der Waals surface area contributed by atoms with Crippen LogP contribution in [0.4, 0.5) is 0 Å². The molecular formula is C20H43IN6O. The standard InChI is InChI=1S/C20H42N6O.HI/c1-17(2)14-19(26-10-12-27-13-11-26)16-23-20(21-4)22-15-18(3)25-8-6-24(5)7-9-25;/h17-19H,6-16H2,1-5H3,(H2,21,22,23);1H. The smallest absolute Gasteiger partial charge is 0.191 e. The van der Waals surface area contributed by atoms with Crippen molar-refractivity contribution in [3.8, 4) is 0 Å². The number of hydrogen-bond donors (Lipinski definition) is 2. The van der Waals surface area contributed by atoms with Gasteiger partial charge in [0.2, 0.25) is 0 Å². The summed E-state index contributed by atoms with van der Waals surface area (Å²) in [5.41, 5.74) is 0. The molecule has 2 aliphatic rings. The number of likely N-dealkylation sites (N-methyl/N-ethyl adjacent to an activating group) is 1. The minimum absolute atomic E-state index is 0. The Bertz CT molecular complexity index is 436. The van der Waals surface area contributed by atoms with E-state index in [2.05, 4.69) is 58.1 Å². The normalized spacial score (nSPS) is 22.6. The molecule has 2 atom stereocenters. The first-order valence-electron chi connectivity index (χ1n) is 10.7. The third-order valence-corrected chi connectivity index (χ3v) is 5.76. The summed E-state index contributed by atoms with van der Waals surface area (Å²) < 4.78 is 5.52. The molecule has 8 heteroatoms. The number of hydrogen-bond acceptors (Lipinski definition) is 5. The molecule has 2 N–H and O–H groups in total. The summed E-state index contributed by atoms with van der Waals surface area (Å²) in [7, 11) is 4.07. The second kappa shape index (κ2) is 14.0. The lowest BCUT2D eigenvalue weighted by Gasteiger charge is -2.37. The van der Waals surface area contributed by atoms with Crippen LogP contribution in [0.2, 0.25) is 0 Å². The van der Waals surface area contributed by atoms with Crippen LogP contribution in [0, 0.1) is 5.92 Å². The number of nitrogens with zero attached hydrogens (tertiary/aromatic N) is 4. The van der Waals surface area contributed by atoms with Gasteiger partial charge in [0.05, 0.1) is 13.2 Å². The fraction of sp³-hybridized carbons (Fsp3) is 0.950. The van der Waals surface area contributed by atoms with Gasteiger partial charge >= 0.3 is 0 Å². The van der Waals surface area contributed by atoms with Gasteiger partial charge in [-0.05, 0) is 26.3 Å². The highest BCUT2D eigenvalue weighted by atomic mass is 127. The number of piperazine rings is 1. The van der Waals surface area contributed by atoms with E-state index in [9.17, 15) is 0 Å². The molecule has 2 fully saturated rings. The second-order valence-electron chi connectivity index (χ2n) is 8.45. The highest BCUT2D eigenvalue weighted by molar-refractivity contribution is 14.0. The molecule has 28 heavy (non-hydrogen) atoms. The van der Waals surface area contributed by atoms with Gasteiger partial charge in [-0.1, -0.05) is 13.8 Å². The molecular weight excluding hydrogens is 467 g/mol. The molecule has 0 saturated carbocycles. The fourth-order valence-corrected chi connectivity index (χ4v) is 3.92. The van der Waals surface area contributed by atoms with Crippen molar-refractivity contribution in [1.82, 2.24) is 25.3 Å². The molecule has 2 unspecified atom stereocenters. The number of guanidine groups is 1. The van der Waals surface area contributed by atoms with Crippen molar-refractivity contribution in [1.29, 1.82) is 0 Å². The summed E-state index contributed by atoms with van der Waals surface area (Å²) in [4.78, 5) is 12.0. The van der Waals surface area contributed by atoms with Gasteiger partial charge in [-0.15, -0.1) is 24.0 Å². The number of rotatable bonds is 8. The number of halogens is 1. The van der Waals surface area contributed by atoms with Crippen molar-refractivity contribution in [2.75, 3.05) is 79.7 Å². The molecule has 0 aromatic heterocycles. The number of morpholine rings is 1. The summed E-state index contributed by atoms with van der Waals surface area (Å²) in [5, 5.41) is 7.10. The van der Waals surface area contributed by atoms with Crippen LogP contribution >= 0.6 is 24.0 Å². The van der Waals surface area contributed by atoms with E-state index in [0.29, 0.717) is 18.0 Å². The molecule has 0 aromatic carbocycles. The zero-order valence-electron chi connectivity index (χ0n) is 18.6. The average Bonchev–Trinajstić information content (AvgIpc) is 2.67.